The molecule has 16 nitrogen and oxygen atoms in total. The Labute approximate surface area is 426 Å². The maximum absolute atomic E-state index is 12.5. The van der Waals surface area contributed by atoms with E-state index in [0.717, 1.165) is 71.7 Å². The highest BCUT2D eigenvalue weighted by Gasteiger charge is 2.32. The van der Waals surface area contributed by atoms with Crippen molar-refractivity contribution < 1.29 is 9.59 Å². The second-order valence-corrected chi connectivity index (χ2v) is 18.9. The number of halogens is 5. The average molecular weight is 1040 g/mol. The number of alkyl halides is 1. The summed E-state index contributed by atoms with van der Waals surface area (Å²) in [6, 6.07) is 15.4. The second-order valence-electron chi connectivity index (χ2n) is 17.2. The third-order valence-corrected chi connectivity index (χ3v) is 12.2. The summed E-state index contributed by atoms with van der Waals surface area (Å²) in [5.74, 6) is 1.89. The van der Waals surface area contributed by atoms with Crippen molar-refractivity contribution >= 4 is 86.7 Å². The van der Waals surface area contributed by atoms with Gasteiger partial charge in [0.1, 0.15) is 0 Å². The molecule has 4 fully saturated rings. The monoisotopic (exact) mass is 1040 g/mol. The highest BCUT2D eigenvalue weighted by atomic mass is 35.5. The molecule has 5 aromatic heterocycles. The molecule has 21 heteroatoms. The zero-order valence-electron chi connectivity index (χ0n) is 38.7. The molecule has 2 amide bonds. The Morgan fingerprint density at radius 2 is 1.19 bits per heavy atom. The largest absolute Gasteiger partial charge is 0.347 e. The van der Waals surface area contributed by atoms with Crippen LogP contribution < -0.4 is 16.6 Å². The Balaban J connectivity index is 0.000000162. The van der Waals surface area contributed by atoms with E-state index in [1.807, 2.05) is 34.9 Å². The van der Waals surface area contributed by atoms with Gasteiger partial charge in [-0.25, -0.2) is 39.9 Å². The molecule has 0 radical (unpaired) electrons. The number of rotatable bonds is 13. The van der Waals surface area contributed by atoms with Crippen molar-refractivity contribution in [3.05, 3.63) is 133 Å². The van der Waals surface area contributed by atoms with Crippen LogP contribution in [-0.2, 0) is 35.0 Å². The van der Waals surface area contributed by atoms with E-state index in [4.69, 9.17) is 63.7 Å². The minimum absolute atomic E-state index is 0.0512. The molecule has 0 aliphatic heterocycles. The van der Waals surface area contributed by atoms with Crippen LogP contribution in [0.1, 0.15) is 113 Å². The third-order valence-electron chi connectivity index (χ3n) is 11.1. The van der Waals surface area contributed by atoms with E-state index in [-0.39, 0.29) is 34.0 Å². The lowest BCUT2D eigenvalue weighted by Gasteiger charge is -2.20. The van der Waals surface area contributed by atoms with Crippen molar-refractivity contribution in [2.45, 2.75) is 128 Å². The molecule has 0 unspecified atom stereocenters. The Kier molecular flexibility index (Phi) is 20.2. The highest BCUT2D eigenvalue weighted by Crippen LogP contribution is 2.33. The van der Waals surface area contributed by atoms with Gasteiger partial charge in [-0.05, 0) is 148 Å². The van der Waals surface area contributed by atoms with Gasteiger partial charge in [0.25, 0.3) is 5.56 Å². The van der Waals surface area contributed by atoms with E-state index in [0.29, 0.717) is 58.9 Å². The quantitative estimate of drug-likeness (QED) is 0.0727. The molecule has 4 saturated carbocycles. The molecule has 69 heavy (non-hydrogen) atoms. The molecule has 1 atom stereocenters. The summed E-state index contributed by atoms with van der Waals surface area (Å²) in [5, 5.41) is 5.49. The van der Waals surface area contributed by atoms with Crippen LogP contribution in [0.2, 0.25) is 20.9 Å². The van der Waals surface area contributed by atoms with Crippen LogP contribution in [-0.4, -0.2) is 84.6 Å². The zero-order valence-corrected chi connectivity index (χ0v) is 42.5. The second kappa shape index (κ2) is 26.2. The first-order valence-electron chi connectivity index (χ1n) is 22.8. The third kappa shape index (κ3) is 19.0. The van der Waals surface area contributed by atoms with Gasteiger partial charge in [0.15, 0.2) is 0 Å². The van der Waals surface area contributed by atoms with Crippen molar-refractivity contribution in [2.75, 3.05) is 5.32 Å². The van der Waals surface area contributed by atoms with Gasteiger partial charge in [-0.2, -0.15) is 0 Å². The van der Waals surface area contributed by atoms with Crippen LogP contribution in [0.25, 0.3) is 10.9 Å². The number of anilines is 1. The van der Waals surface area contributed by atoms with E-state index < -0.39 is 0 Å². The number of aromatic nitrogens is 9. The number of nitrogens with zero attached hydrogens (tertiary/aromatic N) is 10. The van der Waals surface area contributed by atoms with E-state index in [2.05, 4.69) is 50.2 Å². The van der Waals surface area contributed by atoms with E-state index >= 15 is 0 Å². The fourth-order valence-corrected chi connectivity index (χ4v) is 7.55. The molecular formula is C48H56Cl5N13O3. The number of carbonyl (C=O) groups excluding carboxylic acids is 2. The summed E-state index contributed by atoms with van der Waals surface area (Å²) < 4.78 is 0. The Bertz CT molecular complexity index is 2700. The number of nitrogens with two attached hydrogens (primary N) is 1. The lowest BCUT2D eigenvalue weighted by atomic mass is 10.1. The van der Waals surface area contributed by atoms with Gasteiger partial charge in [-0.15, -0.1) is 11.6 Å². The summed E-state index contributed by atoms with van der Waals surface area (Å²) in [6.07, 6.45) is 18.5. The van der Waals surface area contributed by atoms with Crippen molar-refractivity contribution in [3.63, 3.8) is 0 Å². The molecule has 6 aromatic rings. The molecule has 0 saturated heterocycles. The smallest absolute Gasteiger partial charge is 0.253 e. The summed E-state index contributed by atoms with van der Waals surface area (Å²) >= 11 is 28.3. The maximum atomic E-state index is 12.5. The van der Waals surface area contributed by atoms with E-state index in [1.165, 1.54) is 32.1 Å². The number of aromatic amines is 1. The zero-order chi connectivity index (χ0) is 49.5. The lowest BCUT2D eigenvalue weighted by Crippen LogP contribution is -2.30. The number of H-pyrrole nitrogens is 1. The number of fused-ring (bicyclic) bond motifs is 1. The standard InChI is InChI=1S/C21H22ClN5O2.C10H12ClN3O.C9H11ClN2.C5H4Cl2N2.C3H7N/c1-12(18-10-14-9-15(22)3-6-19(14)26-20(18)29)24-21-23-8-7-16(25-21)11-27(13(2)28)17-4-5-17;1-7(15)14(9-2-3-9)6-8-4-5-12-10(11)13-8;10-9-11-6-5-8(12-9)4-3-7-1-2-7;6-3-4-1-2-8-5(7)9-4;4-3-1-2-3/h3,6-10,12,17H,4-5,11H2,1-2H3,(H,26,29)(H,23,24,25);4-5,9H,2-3,6H2,1H3;5-7H,1-4H2;1-2H,3H2;3H,1-2,4H2/t12-;;;;/m0..../s1. The lowest BCUT2D eigenvalue weighted by molar-refractivity contribution is -0.130. The molecule has 366 valence electrons. The summed E-state index contributed by atoms with van der Waals surface area (Å²) in [7, 11) is 0. The molecular weight excluding hydrogens is 984 g/mol. The van der Waals surface area contributed by atoms with Gasteiger partial charge in [-0.3, -0.25) is 14.4 Å². The normalized spacial score (nSPS) is 15.0. The molecule has 0 bridgehead atoms. The number of pyridine rings is 1. The molecule has 10 rings (SSSR count). The summed E-state index contributed by atoms with van der Waals surface area (Å²) in [6.45, 7) is 6.03. The van der Waals surface area contributed by atoms with Gasteiger partial charge >= 0.3 is 0 Å². The first-order chi connectivity index (χ1) is 33.1. The minimum Gasteiger partial charge on any atom is -0.347 e. The number of benzene rings is 1. The number of aryl methyl sites for hydroxylation is 1. The number of nitrogens with one attached hydrogen (secondary N) is 2. The summed E-state index contributed by atoms with van der Waals surface area (Å²) in [4.78, 5) is 74.4. The van der Waals surface area contributed by atoms with E-state index in [1.54, 1.807) is 69.0 Å². The fourth-order valence-electron chi connectivity index (χ4n) is 6.72. The van der Waals surface area contributed by atoms with Crippen LogP contribution >= 0.6 is 58.0 Å². The van der Waals surface area contributed by atoms with Crippen LogP contribution in [0.15, 0.2) is 78.1 Å². The highest BCUT2D eigenvalue weighted by molar-refractivity contribution is 6.31. The van der Waals surface area contributed by atoms with Crippen molar-refractivity contribution in [1.29, 1.82) is 0 Å². The molecule has 5 heterocycles. The van der Waals surface area contributed by atoms with Crippen molar-refractivity contribution in [1.82, 2.24) is 54.7 Å². The SMILES string of the molecule is CC(=O)N(Cc1ccnc(Cl)n1)C1CC1.CC(=O)N(Cc1ccnc(N[C@@H](C)c2cc3cc(Cl)ccc3[nH]c2=O)n1)C1CC1.ClCc1ccnc(Cl)n1.Clc1nccc(CCC2CC2)n1.NC1CC1. The number of carbonyl (C=O) groups is 2. The van der Waals surface area contributed by atoms with Crippen LogP contribution in [0.5, 0.6) is 0 Å². The molecule has 4 aliphatic carbocycles. The summed E-state index contributed by atoms with van der Waals surface area (Å²) in [5.41, 5.74) is 9.72. The average Bonchev–Trinajstić information content (AvgIpc) is 4.10. The molecule has 4 aliphatic rings. The Morgan fingerprint density at radius 3 is 1.67 bits per heavy atom. The van der Waals surface area contributed by atoms with Gasteiger partial charge in [0.2, 0.25) is 33.6 Å². The number of amides is 2. The van der Waals surface area contributed by atoms with Gasteiger partial charge < -0.3 is 25.8 Å². The number of hydrogen-bond donors (Lipinski definition) is 3. The predicted molar refractivity (Wildman–Crippen MR) is 271 cm³/mol. The first-order valence-corrected chi connectivity index (χ1v) is 24.9. The van der Waals surface area contributed by atoms with Crippen LogP contribution in [0, 0.1) is 5.92 Å². The number of hydrogen-bond acceptors (Lipinski definition) is 13. The van der Waals surface area contributed by atoms with Gasteiger partial charge in [-0.1, -0.05) is 24.4 Å². The van der Waals surface area contributed by atoms with Gasteiger partial charge in [0.05, 0.1) is 42.1 Å². The molecule has 4 N–H and O–H groups in total. The molecule has 0 spiro atoms. The minimum atomic E-state index is -0.315. The van der Waals surface area contributed by atoms with Gasteiger partial charge in [0, 0.05) is 83.9 Å². The van der Waals surface area contributed by atoms with E-state index in [9.17, 15) is 14.4 Å². The maximum Gasteiger partial charge on any atom is 0.253 e. The van der Waals surface area contributed by atoms with Crippen LogP contribution in [0.3, 0.4) is 0 Å². The predicted octanol–water partition coefficient (Wildman–Crippen LogP) is 9.75. The fraction of sp³-hybridized carbons (Fsp3) is 0.438. The Morgan fingerprint density at radius 1 is 0.696 bits per heavy atom. The first kappa shape index (κ1) is 53.3. The molecule has 1 aromatic carbocycles. The Hall–Kier alpha value is -5.10. The van der Waals surface area contributed by atoms with Crippen LogP contribution in [0.4, 0.5) is 5.95 Å². The topological polar surface area (TPSA) is 215 Å². The van der Waals surface area contributed by atoms with Crippen molar-refractivity contribution in [2.24, 2.45) is 11.7 Å². The van der Waals surface area contributed by atoms with Crippen molar-refractivity contribution in [3.8, 4) is 0 Å².